The molecule has 0 fully saturated rings. The Morgan fingerprint density at radius 2 is 1.82 bits per heavy atom. The number of halogens is 3. The van der Waals surface area contributed by atoms with Crippen LogP contribution in [0.15, 0.2) is 58.3 Å². The van der Waals surface area contributed by atoms with Gasteiger partial charge in [-0.25, -0.2) is 19.6 Å². The fraction of sp³-hybridized carbons (Fsp3) is 0.273. The summed E-state index contributed by atoms with van der Waals surface area (Å²) in [4.78, 5) is 34.5. The van der Waals surface area contributed by atoms with Crippen molar-refractivity contribution in [3.05, 3.63) is 75.7 Å². The number of aromatic nitrogens is 2. The zero-order valence-electron chi connectivity index (χ0n) is 17.5. The predicted octanol–water partition coefficient (Wildman–Crippen LogP) is 3.13. The van der Waals surface area contributed by atoms with E-state index in [4.69, 9.17) is 9.57 Å². The van der Waals surface area contributed by atoms with Crippen LogP contribution in [0.3, 0.4) is 0 Å². The fourth-order valence-electron chi connectivity index (χ4n) is 3.55. The number of hydrogen-bond donors (Lipinski definition) is 0. The van der Waals surface area contributed by atoms with Gasteiger partial charge in [-0.15, -0.1) is 0 Å². The molecule has 0 spiro atoms. The van der Waals surface area contributed by atoms with E-state index in [-0.39, 0.29) is 37.8 Å². The molecular formula is C22H19F3N4O4. The number of fused-ring (bicyclic) bond motifs is 1. The number of hydroxylamine groups is 2. The first kappa shape index (κ1) is 22.5. The maximum absolute atomic E-state index is 13.5. The highest BCUT2D eigenvalue weighted by Crippen LogP contribution is 2.33. The zero-order chi connectivity index (χ0) is 23.6. The molecule has 0 N–H and O–H groups in total. The topological polar surface area (TPSA) is 86.0 Å². The molecule has 8 nitrogen and oxygen atoms in total. The summed E-state index contributed by atoms with van der Waals surface area (Å²) in [5.41, 5.74) is -1.24. The first-order valence-corrected chi connectivity index (χ1v) is 10.1. The van der Waals surface area contributed by atoms with Gasteiger partial charge in [0.1, 0.15) is 6.67 Å². The number of alkyl halides is 3. The van der Waals surface area contributed by atoms with Gasteiger partial charge in [-0.2, -0.15) is 18.3 Å². The third-order valence-electron chi connectivity index (χ3n) is 4.96. The van der Waals surface area contributed by atoms with Crippen molar-refractivity contribution in [1.29, 1.82) is 0 Å². The molecule has 0 aliphatic carbocycles. The Morgan fingerprint density at radius 1 is 1.12 bits per heavy atom. The molecule has 0 saturated heterocycles. The maximum Gasteiger partial charge on any atom is 0.417 e. The summed E-state index contributed by atoms with van der Waals surface area (Å²) < 4.78 is 46.5. The number of ether oxygens (including phenoxy) is 1. The van der Waals surface area contributed by atoms with E-state index in [2.05, 4.69) is 10.1 Å². The number of amidine groups is 1. The van der Waals surface area contributed by atoms with E-state index in [1.165, 1.54) is 18.2 Å². The van der Waals surface area contributed by atoms with Crippen LogP contribution < -0.4 is 5.56 Å². The molecule has 11 heteroatoms. The summed E-state index contributed by atoms with van der Waals surface area (Å²) in [5, 5.41) is 6.17. The molecule has 0 unspecified atom stereocenters. The van der Waals surface area contributed by atoms with Crippen molar-refractivity contribution in [2.75, 3.05) is 13.3 Å². The van der Waals surface area contributed by atoms with Gasteiger partial charge >= 0.3 is 12.1 Å². The van der Waals surface area contributed by atoms with Crippen molar-refractivity contribution < 1.29 is 27.5 Å². The average Bonchev–Trinajstić information content (AvgIpc) is 3.24. The molecular weight excluding hydrogens is 441 g/mol. The van der Waals surface area contributed by atoms with Crippen LogP contribution in [0.1, 0.15) is 23.7 Å². The second-order valence-electron chi connectivity index (χ2n) is 7.08. The Labute approximate surface area is 185 Å². The highest BCUT2D eigenvalue weighted by Gasteiger charge is 2.36. The minimum Gasteiger partial charge on any atom is -0.466 e. The number of aliphatic imine (C=N–C) groups is 1. The molecule has 33 heavy (non-hydrogen) atoms. The molecule has 0 radical (unpaired) electrons. The lowest BCUT2D eigenvalue weighted by molar-refractivity contribution is -0.142. The zero-order valence-corrected chi connectivity index (χ0v) is 17.5. The second kappa shape index (κ2) is 9.02. The van der Waals surface area contributed by atoms with Crippen LogP contribution in [0, 0.1) is 0 Å². The standard InChI is InChI=1S/C22H19F3N4O4/c1-2-32-19(30)11-18-14-7-3-4-8-15(14)21(31)28(27-18)13-29-20(26-12-33-29)16-9-5-6-10-17(16)22(23,24)25/h3-10H,2,11-13H2,1H3. The summed E-state index contributed by atoms with van der Waals surface area (Å²) >= 11 is 0. The Balaban J connectivity index is 1.72. The van der Waals surface area contributed by atoms with Gasteiger partial charge < -0.3 is 4.74 Å². The van der Waals surface area contributed by atoms with E-state index in [0.29, 0.717) is 16.5 Å². The molecule has 3 aromatic rings. The van der Waals surface area contributed by atoms with Gasteiger partial charge in [0, 0.05) is 10.9 Å². The number of benzene rings is 2. The van der Waals surface area contributed by atoms with Gasteiger partial charge in [0.05, 0.1) is 29.7 Å². The van der Waals surface area contributed by atoms with Crippen molar-refractivity contribution in [2.45, 2.75) is 26.2 Å². The summed E-state index contributed by atoms with van der Waals surface area (Å²) in [6.07, 6.45) is -4.77. The van der Waals surface area contributed by atoms with E-state index in [9.17, 15) is 22.8 Å². The van der Waals surface area contributed by atoms with Crippen molar-refractivity contribution in [3.8, 4) is 0 Å². The highest BCUT2D eigenvalue weighted by molar-refractivity contribution is 6.00. The largest absolute Gasteiger partial charge is 0.466 e. The molecule has 2 heterocycles. The predicted molar refractivity (Wildman–Crippen MR) is 112 cm³/mol. The SMILES string of the molecule is CCOC(=O)Cc1nn(CN2OCN=C2c2ccccc2C(F)(F)F)c(=O)c2ccccc12. The number of esters is 1. The third-order valence-corrected chi connectivity index (χ3v) is 4.96. The van der Waals surface area contributed by atoms with Crippen LogP contribution in [0.4, 0.5) is 13.2 Å². The molecule has 1 aliphatic heterocycles. The van der Waals surface area contributed by atoms with Gasteiger partial charge in [-0.1, -0.05) is 36.4 Å². The minimum atomic E-state index is -4.60. The maximum atomic E-state index is 13.5. The number of carbonyl (C=O) groups is 1. The van der Waals surface area contributed by atoms with Crippen LogP contribution >= 0.6 is 0 Å². The van der Waals surface area contributed by atoms with E-state index in [1.807, 2.05) is 0 Å². The van der Waals surface area contributed by atoms with Crippen LogP contribution in [0.2, 0.25) is 0 Å². The van der Waals surface area contributed by atoms with Crippen LogP contribution in [0.25, 0.3) is 10.8 Å². The van der Waals surface area contributed by atoms with Crippen LogP contribution in [-0.2, 0) is 33.6 Å². The van der Waals surface area contributed by atoms with Gasteiger partial charge in [-0.3, -0.25) is 9.59 Å². The summed E-state index contributed by atoms with van der Waals surface area (Å²) in [6, 6.07) is 11.6. The van der Waals surface area contributed by atoms with Crippen molar-refractivity contribution in [2.24, 2.45) is 4.99 Å². The molecule has 2 aromatic carbocycles. The molecule has 0 saturated carbocycles. The average molecular weight is 460 g/mol. The van der Waals surface area contributed by atoms with Gasteiger partial charge in [0.15, 0.2) is 12.6 Å². The van der Waals surface area contributed by atoms with Gasteiger partial charge in [0.25, 0.3) is 5.56 Å². The van der Waals surface area contributed by atoms with Crippen molar-refractivity contribution >= 4 is 22.6 Å². The van der Waals surface area contributed by atoms with E-state index in [0.717, 1.165) is 15.8 Å². The highest BCUT2D eigenvalue weighted by atomic mass is 19.4. The lowest BCUT2D eigenvalue weighted by atomic mass is 10.1. The molecule has 4 rings (SSSR count). The first-order chi connectivity index (χ1) is 15.8. The van der Waals surface area contributed by atoms with Gasteiger partial charge in [0.2, 0.25) is 0 Å². The van der Waals surface area contributed by atoms with E-state index in [1.54, 1.807) is 31.2 Å². The minimum absolute atomic E-state index is 0.0725. The summed E-state index contributed by atoms with van der Waals surface area (Å²) in [6.45, 7) is 1.33. The first-order valence-electron chi connectivity index (χ1n) is 10.1. The Kier molecular flexibility index (Phi) is 6.14. The fourth-order valence-corrected chi connectivity index (χ4v) is 3.55. The summed E-state index contributed by atoms with van der Waals surface area (Å²) in [7, 11) is 0. The van der Waals surface area contributed by atoms with E-state index < -0.39 is 23.3 Å². The monoisotopic (exact) mass is 460 g/mol. The number of rotatable bonds is 6. The number of nitrogens with zero attached hydrogens (tertiary/aromatic N) is 4. The molecule has 1 aromatic heterocycles. The normalized spacial score (nSPS) is 13.9. The number of carbonyl (C=O) groups excluding carboxylic acids is 1. The molecule has 0 atom stereocenters. The second-order valence-corrected chi connectivity index (χ2v) is 7.08. The molecule has 0 bridgehead atoms. The molecule has 0 amide bonds. The van der Waals surface area contributed by atoms with Crippen LogP contribution in [-0.4, -0.2) is 40.0 Å². The Morgan fingerprint density at radius 3 is 2.55 bits per heavy atom. The molecule has 1 aliphatic rings. The number of hydrogen-bond acceptors (Lipinski definition) is 7. The quantitative estimate of drug-likeness (QED) is 0.526. The van der Waals surface area contributed by atoms with Gasteiger partial charge in [-0.05, 0) is 19.1 Å². The third kappa shape index (κ3) is 4.58. The van der Waals surface area contributed by atoms with E-state index >= 15 is 0 Å². The lowest BCUT2D eigenvalue weighted by Crippen LogP contribution is -2.37. The van der Waals surface area contributed by atoms with Crippen molar-refractivity contribution in [3.63, 3.8) is 0 Å². The van der Waals surface area contributed by atoms with Crippen molar-refractivity contribution in [1.82, 2.24) is 14.8 Å². The van der Waals surface area contributed by atoms with Crippen LogP contribution in [0.5, 0.6) is 0 Å². The lowest BCUT2D eigenvalue weighted by Gasteiger charge is -2.22. The summed E-state index contributed by atoms with van der Waals surface area (Å²) in [5.74, 6) is -0.587. The Hall–Kier alpha value is -3.73. The Bertz CT molecular complexity index is 1290. The smallest absolute Gasteiger partial charge is 0.417 e. The molecule has 172 valence electrons.